The van der Waals surface area contributed by atoms with Crippen LogP contribution in [0, 0.1) is 17.7 Å². The van der Waals surface area contributed by atoms with E-state index in [4.69, 9.17) is 19.4 Å². The average molecular weight is 726 g/mol. The molecule has 1 unspecified atom stereocenters. The van der Waals surface area contributed by atoms with Gasteiger partial charge >= 0.3 is 18.2 Å². The number of aromatic nitrogens is 4. The Kier molecular flexibility index (Phi) is 10.6. The molecule has 12 nitrogen and oxygen atoms in total. The minimum Gasteiger partial charge on any atom is -0.475 e. The largest absolute Gasteiger partial charge is 0.490 e. The maximum atomic E-state index is 13.8. The molecule has 0 saturated carbocycles. The van der Waals surface area contributed by atoms with Crippen LogP contribution in [0.25, 0.3) is 21.1 Å². The second-order valence-corrected chi connectivity index (χ2v) is 12.7. The molecule has 5 aromatic rings. The number of morpholine rings is 1. The van der Waals surface area contributed by atoms with E-state index in [0.29, 0.717) is 45.1 Å². The van der Waals surface area contributed by atoms with E-state index in [0.717, 1.165) is 37.2 Å². The highest BCUT2D eigenvalue weighted by Crippen LogP contribution is 2.32. The Balaban J connectivity index is 0.000000582. The number of anilines is 2. The van der Waals surface area contributed by atoms with Gasteiger partial charge in [-0.05, 0) is 48.9 Å². The van der Waals surface area contributed by atoms with E-state index >= 15 is 0 Å². The van der Waals surface area contributed by atoms with Crippen molar-refractivity contribution in [3.8, 4) is 11.8 Å². The Hall–Kier alpha value is -5.31. The number of nitrogens with zero attached hydrogens (tertiary/aromatic N) is 5. The summed E-state index contributed by atoms with van der Waals surface area (Å²) >= 11 is 1.53. The summed E-state index contributed by atoms with van der Waals surface area (Å²) in [4.78, 5) is 32.8. The van der Waals surface area contributed by atoms with Crippen molar-refractivity contribution in [1.82, 2.24) is 30.0 Å². The van der Waals surface area contributed by atoms with Crippen LogP contribution in [0.1, 0.15) is 29.8 Å². The fourth-order valence-electron chi connectivity index (χ4n) is 5.51. The number of aliphatic carboxylic acids is 1. The standard InChI is InChI=1S/C32H30FN7O3S.C2HF3O2/c1-20(21-3-2-4-23(33)13-21)40-29-8-6-25(14-22(29)17-37-40)38-31-30-28(35-19-36-31)16-27(44-30)7-5-24-15-26(18-34-24)43-32(41)39-9-11-42-12-10-39;3-2(4,5)1(6)7/h2-4,6,8,13-14,16-17,19-20,24,26,34H,9-12,15,18H2,1H3,(H,35,36,38);(H,6,7)/t20?,24-,26-;/m1./s1. The molecule has 17 heteroatoms. The first-order valence-electron chi connectivity index (χ1n) is 15.8. The van der Waals surface area contributed by atoms with Gasteiger partial charge < -0.3 is 24.8 Å². The third-order valence-corrected chi connectivity index (χ3v) is 9.15. The van der Waals surface area contributed by atoms with Crippen LogP contribution in [0.2, 0.25) is 0 Å². The zero-order valence-electron chi connectivity index (χ0n) is 27.0. The van der Waals surface area contributed by atoms with E-state index in [9.17, 15) is 22.4 Å². The molecule has 51 heavy (non-hydrogen) atoms. The molecule has 2 fully saturated rings. The summed E-state index contributed by atoms with van der Waals surface area (Å²) in [7, 11) is 0. The lowest BCUT2D eigenvalue weighted by Gasteiger charge is -2.27. The summed E-state index contributed by atoms with van der Waals surface area (Å²) in [5, 5.41) is 19.4. The number of ether oxygens (including phenoxy) is 2. The van der Waals surface area contributed by atoms with Crippen molar-refractivity contribution < 1.29 is 41.7 Å². The molecule has 3 N–H and O–H groups in total. The van der Waals surface area contributed by atoms with Gasteiger partial charge in [0.2, 0.25) is 0 Å². The molecule has 2 aliphatic heterocycles. The Bertz CT molecular complexity index is 2110. The number of carboxylic acids is 1. The van der Waals surface area contributed by atoms with Crippen molar-refractivity contribution in [2.24, 2.45) is 0 Å². The molecule has 3 aromatic heterocycles. The normalized spacial score (nSPS) is 18.0. The monoisotopic (exact) mass is 725 g/mol. The van der Waals surface area contributed by atoms with E-state index < -0.39 is 12.1 Å². The topological polar surface area (TPSA) is 144 Å². The number of fused-ring (bicyclic) bond motifs is 2. The maximum Gasteiger partial charge on any atom is 0.490 e. The minimum atomic E-state index is -5.08. The lowest BCUT2D eigenvalue weighted by Crippen LogP contribution is -2.42. The highest BCUT2D eigenvalue weighted by atomic mass is 32.1. The molecule has 0 aliphatic carbocycles. The lowest BCUT2D eigenvalue weighted by atomic mass is 10.1. The van der Waals surface area contributed by atoms with Gasteiger partial charge in [0.25, 0.3) is 0 Å². The molecule has 2 aliphatic rings. The van der Waals surface area contributed by atoms with Gasteiger partial charge in [0, 0.05) is 37.1 Å². The second-order valence-electron chi connectivity index (χ2n) is 11.6. The van der Waals surface area contributed by atoms with E-state index in [-0.39, 0.29) is 30.1 Å². The average Bonchev–Trinajstić information content (AvgIpc) is 3.86. The molecule has 0 bridgehead atoms. The highest BCUT2D eigenvalue weighted by molar-refractivity contribution is 7.20. The number of hydrogen-bond acceptors (Lipinski definition) is 10. The van der Waals surface area contributed by atoms with Crippen LogP contribution in [0.15, 0.2) is 61.1 Å². The zero-order valence-corrected chi connectivity index (χ0v) is 27.8. The molecule has 0 radical (unpaired) electrons. The number of benzene rings is 2. The van der Waals surface area contributed by atoms with Crippen LogP contribution in [0.3, 0.4) is 0 Å². The van der Waals surface area contributed by atoms with Crippen LogP contribution < -0.4 is 10.6 Å². The molecule has 0 spiro atoms. The molecule has 1 amide bonds. The number of alkyl halides is 3. The predicted octanol–water partition coefficient (Wildman–Crippen LogP) is 5.72. The number of amides is 1. The molecule has 5 heterocycles. The van der Waals surface area contributed by atoms with Gasteiger partial charge in [-0.25, -0.2) is 23.9 Å². The van der Waals surface area contributed by atoms with Gasteiger partial charge in [0.15, 0.2) is 5.82 Å². The number of hydrogen-bond donors (Lipinski definition) is 3. The first-order valence-corrected chi connectivity index (χ1v) is 16.6. The lowest BCUT2D eigenvalue weighted by molar-refractivity contribution is -0.192. The van der Waals surface area contributed by atoms with Crippen LogP contribution in [-0.4, -0.2) is 93.0 Å². The van der Waals surface area contributed by atoms with Crippen molar-refractivity contribution in [3.05, 3.63) is 77.3 Å². The minimum absolute atomic E-state index is 0.0670. The van der Waals surface area contributed by atoms with Crippen LogP contribution in [0.5, 0.6) is 0 Å². The number of carboxylic acid groups (broad SMARTS) is 1. The number of nitrogens with one attached hydrogen (secondary N) is 2. The number of carbonyl (C=O) groups is 2. The van der Waals surface area contributed by atoms with E-state index in [2.05, 4.69) is 37.5 Å². The number of carbonyl (C=O) groups excluding carboxylic acids is 1. The highest BCUT2D eigenvalue weighted by Gasteiger charge is 2.38. The molecule has 2 aromatic carbocycles. The molecule has 266 valence electrons. The maximum absolute atomic E-state index is 13.8. The smallest absolute Gasteiger partial charge is 0.475 e. The summed E-state index contributed by atoms with van der Waals surface area (Å²) in [6, 6.07) is 14.4. The van der Waals surface area contributed by atoms with Crippen molar-refractivity contribution in [1.29, 1.82) is 0 Å². The van der Waals surface area contributed by atoms with Gasteiger partial charge in [-0.3, -0.25) is 10.00 Å². The van der Waals surface area contributed by atoms with Crippen molar-refractivity contribution in [3.63, 3.8) is 0 Å². The summed E-state index contributed by atoms with van der Waals surface area (Å²) < 4.78 is 59.3. The van der Waals surface area contributed by atoms with Crippen LogP contribution in [-0.2, 0) is 14.3 Å². The number of rotatable bonds is 5. The van der Waals surface area contributed by atoms with Crippen LogP contribution in [0.4, 0.5) is 33.9 Å². The summed E-state index contributed by atoms with van der Waals surface area (Å²) in [6.45, 7) is 4.79. The molecule has 3 atom stereocenters. The van der Waals surface area contributed by atoms with Crippen LogP contribution >= 0.6 is 11.3 Å². The molecule has 7 rings (SSSR count). The van der Waals surface area contributed by atoms with Gasteiger partial charge in [-0.15, -0.1) is 11.3 Å². The Morgan fingerprint density at radius 3 is 2.69 bits per heavy atom. The van der Waals surface area contributed by atoms with Gasteiger partial charge in [-0.2, -0.15) is 18.3 Å². The Morgan fingerprint density at radius 1 is 1.16 bits per heavy atom. The van der Waals surface area contributed by atoms with Crippen molar-refractivity contribution >= 4 is 56.0 Å². The number of halogens is 4. The molecule has 2 saturated heterocycles. The first-order chi connectivity index (χ1) is 24.4. The van der Waals surface area contributed by atoms with E-state index in [1.807, 2.05) is 48.1 Å². The summed E-state index contributed by atoms with van der Waals surface area (Å²) in [5.74, 6) is 4.23. The SMILES string of the molecule is CC(c1cccc(F)c1)n1ncc2cc(Nc3ncnc4cc(C#C[C@@H]5C[C@@H](OC(=O)N6CCOCC6)CN5)sc34)ccc21.O=C(O)C(F)(F)F. The van der Waals surface area contributed by atoms with E-state index in [1.165, 1.54) is 23.7 Å². The quantitative estimate of drug-likeness (QED) is 0.152. The van der Waals surface area contributed by atoms with Crippen molar-refractivity contribution in [2.45, 2.75) is 37.7 Å². The second kappa shape index (κ2) is 15.3. The molecular formula is C34H31F4N7O5S. The summed E-state index contributed by atoms with van der Waals surface area (Å²) in [5.41, 5.74) is 3.48. The summed E-state index contributed by atoms with van der Waals surface area (Å²) in [6.07, 6.45) is -1.58. The fourth-order valence-corrected chi connectivity index (χ4v) is 6.43. The van der Waals surface area contributed by atoms with Gasteiger partial charge in [-0.1, -0.05) is 24.0 Å². The fraction of sp³-hybridized carbons (Fsp3) is 0.324. The predicted molar refractivity (Wildman–Crippen MR) is 180 cm³/mol. The Morgan fingerprint density at radius 2 is 1.94 bits per heavy atom. The zero-order chi connectivity index (χ0) is 36.1. The number of thiophene rings is 1. The van der Waals surface area contributed by atoms with Crippen molar-refractivity contribution in [2.75, 3.05) is 38.2 Å². The Labute approximate surface area is 292 Å². The van der Waals surface area contributed by atoms with E-state index in [1.54, 1.807) is 17.0 Å². The third kappa shape index (κ3) is 8.71. The third-order valence-electron chi connectivity index (χ3n) is 8.11. The van der Waals surface area contributed by atoms with Gasteiger partial charge in [0.05, 0.1) is 52.1 Å². The first kappa shape index (κ1) is 35.5. The van der Waals surface area contributed by atoms with Gasteiger partial charge in [0.1, 0.15) is 18.2 Å². The molecular weight excluding hydrogens is 694 g/mol.